The first kappa shape index (κ1) is 23.9. The second-order valence-corrected chi connectivity index (χ2v) is 7.58. The molecule has 176 valence electrons. The van der Waals surface area contributed by atoms with Crippen molar-refractivity contribution in [3.05, 3.63) is 35.7 Å². The second kappa shape index (κ2) is 13.6. The highest BCUT2D eigenvalue weighted by molar-refractivity contribution is 5.93. The number of anilines is 1. The van der Waals surface area contributed by atoms with Crippen LogP contribution in [-0.4, -0.2) is 69.4 Å². The van der Waals surface area contributed by atoms with Gasteiger partial charge in [-0.25, -0.2) is 0 Å². The fraction of sp³-hybridized carbons (Fsp3) is 0.565. The van der Waals surface area contributed by atoms with Crippen molar-refractivity contribution in [2.45, 2.75) is 32.6 Å². The van der Waals surface area contributed by atoms with E-state index in [1.807, 2.05) is 31.3 Å². The van der Waals surface area contributed by atoms with E-state index in [0.717, 1.165) is 61.1 Å². The zero-order valence-electron chi connectivity index (χ0n) is 19.1. The number of ether oxygens (including phenoxy) is 4. The van der Waals surface area contributed by atoms with E-state index in [0.29, 0.717) is 39.6 Å². The van der Waals surface area contributed by atoms with Crippen LogP contribution in [0.1, 0.15) is 30.5 Å². The largest absolute Gasteiger partial charge is 0.490 e. The summed E-state index contributed by atoms with van der Waals surface area (Å²) in [4.78, 5) is 4.76. The molecule has 0 bridgehead atoms. The molecule has 0 atom stereocenters. The summed E-state index contributed by atoms with van der Waals surface area (Å²) >= 11 is 0. The predicted molar refractivity (Wildman–Crippen MR) is 125 cm³/mol. The normalized spacial score (nSPS) is 13.6. The molecule has 1 aromatic carbocycles. The van der Waals surface area contributed by atoms with Gasteiger partial charge in [-0.1, -0.05) is 0 Å². The molecule has 9 nitrogen and oxygen atoms in total. The fourth-order valence-electron chi connectivity index (χ4n) is 3.23. The minimum Gasteiger partial charge on any atom is -0.490 e. The number of nitrogens with one attached hydrogen (secondary N) is 3. The van der Waals surface area contributed by atoms with Crippen LogP contribution in [0.4, 0.5) is 5.69 Å². The van der Waals surface area contributed by atoms with Crippen molar-refractivity contribution < 1.29 is 18.9 Å². The van der Waals surface area contributed by atoms with E-state index in [9.17, 15) is 0 Å². The van der Waals surface area contributed by atoms with Crippen LogP contribution in [0.3, 0.4) is 0 Å². The highest BCUT2D eigenvalue weighted by atomic mass is 16.5. The van der Waals surface area contributed by atoms with Gasteiger partial charge in [0.25, 0.3) is 0 Å². The summed E-state index contributed by atoms with van der Waals surface area (Å²) in [5, 5.41) is 13.8. The lowest BCUT2D eigenvalue weighted by molar-refractivity contribution is 0.0699. The van der Waals surface area contributed by atoms with Crippen molar-refractivity contribution in [3.63, 3.8) is 0 Å². The monoisotopic (exact) mass is 445 g/mol. The van der Waals surface area contributed by atoms with Crippen molar-refractivity contribution >= 4 is 11.6 Å². The SMILES string of the molecule is COCCOCCCNC(=NCCCc1cn[nH]c1C)Nc1ccc2c(c1)OCCCO2. The van der Waals surface area contributed by atoms with Gasteiger partial charge in [-0.15, -0.1) is 0 Å². The Balaban J connectivity index is 1.54. The van der Waals surface area contributed by atoms with Crippen LogP contribution in [0.15, 0.2) is 29.4 Å². The topological polar surface area (TPSA) is 102 Å². The molecule has 1 aliphatic heterocycles. The number of fused-ring (bicyclic) bond motifs is 1. The lowest BCUT2D eigenvalue weighted by Crippen LogP contribution is -2.32. The molecule has 2 heterocycles. The Kier molecular flexibility index (Phi) is 10.1. The Labute approximate surface area is 189 Å². The van der Waals surface area contributed by atoms with Gasteiger partial charge in [-0.05, 0) is 43.9 Å². The van der Waals surface area contributed by atoms with Gasteiger partial charge < -0.3 is 29.6 Å². The number of methoxy groups -OCH3 is 1. The van der Waals surface area contributed by atoms with E-state index < -0.39 is 0 Å². The number of hydrogen-bond acceptors (Lipinski definition) is 6. The summed E-state index contributed by atoms with van der Waals surface area (Å²) in [7, 11) is 1.67. The Morgan fingerprint density at radius 1 is 1.16 bits per heavy atom. The van der Waals surface area contributed by atoms with Crippen LogP contribution in [0, 0.1) is 6.92 Å². The summed E-state index contributed by atoms with van der Waals surface area (Å²) in [5.74, 6) is 2.28. The summed E-state index contributed by atoms with van der Waals surface area (Å²) < 4.78 is 22.1. The number of aromatic nitrogens is 2. The van der Waals surface area contributed by atoms with Gasteiger partial charge in [0.15, 0.2) is 17.5 Å². The highest BCUT2D eigenvalue weighted by Gasteiger charge is 2.11. The van der Waals surface area contributed by atoms with Crippen LogP contribution < -0.4 is 20.1 Å². The number of rotatable bonds is 12. The molecule has 0 saturated carbocycles. The first-order chi connectivity index (χ1) is 15.8. The first-order valence-corrected chi connectivity index (χ1v) is 11.3. The molecular formula is C23H35N5O4. The Bertz CT molecular complexity index is 840. The Hall–Kier alpha value is -2.78. The van der Waals surface area contributed by atoms with Gasteiger partial charge in [-0.2, -0.15) is 5.10 Å². The quantitative estimate of drug-likeness (QED) is 0.262. The van der Waals surface area contributed by atoms with Crippen molar-refractivity contribution in [2.24, 2.45) is 4.99 Å². The molecule has 2 aromatic rings. The minimum absolute atomic E-state index is 0.611. The maximum atomic E-state index is 5.81. The molecule has 32 heavy (non-hydrogen) atoms. The number of benzene rings is 1. The number of nitrogens with zero attached hydrogens (tertiary/aromatic N) is 2. The van der Waals surface area contributed by atoms with Gasteiger partial charge in [0, 0.05) is 50.7 Å². The second-order valence-electron chi connectivity index (χ2n) is 7.58. The summed E-state index contributed by atoms with van der Waals surface area (Å²) in [6, 6.07) is 5.87. The summed E-state index contributed by atoms with van der Waals surface area (Å²) in [5.41, 5.74) is 3.26. The molecule has 1 aromatic heterocycles. The third-order valence-corrected chi connectivity index (χ3v) is 5.01. The summed E-state index contributed by atoms with van der Waals surface area (Å²) in [6.07, 6.45) is 5.52. The number of H-pyrrole nitrogens is 1. The van der Waals surface area contributed by atoms with Crippen LogP contribution in [0.25, 0.3) is 0 Å². The molecule has 9 heteroatoms. The van der Waals surface area contributed by atoms with Crippen molar-refractivity contribution in [3.8, 4) is 11.5 Å². The van der Waals surface area contributed by atoms with Crippen molar-refractivity contribution in [1.29, 1.82) is 0 Å². The van der Waals surface area contributed by atoms with Gasteiger partial charge in [0.1, 0.15) is 0 Å². The molecule has 0 saturated heterocycles. The molecule has 0 radical (unpaired) electrons. The van der Waals surface area contributed by atoms with E-state index in [1.165, 1.54) is 5.56 Å². The first-order valence-electron chi connectivity index (χ1n) is 11.3. The lowest BCUT2D eigenvalue weighted by Gasteiger charge is -2.15. The molecule has 0 aliphatic carbocycles. The van der Waals surface area contributed by atoms with Crippen LogP contribution >= 0.6 is 0 Å². The number of aryl methyl sites for hydroxylation is 2. The molecule has 3 N–H and O–H groups in total. The zero-order valence-corrected chi connectivity index (χ0v) is 19.1. The lowest BCUT2D eigenvalue weighted by atomic mass is 10.1. The Morgan fingerprint density at radius 2 is 2.03 bits per heavy atom. The number of aliphatic imine (C=N–C) groups is 1. The average Bonchev–Trinajstić information content (AvgIpc) is 3.06. The van der Waals surface area contributed by atoms with Crippen molar-refractivity contribution in [2.75, 3.05) is 58.6 Å². The third-order valence-electron chi connectivity index (χ3n) is 5.01. The standard InChI is InChI=1S/C23H35N5O4/c1-18-19(17-26-28-18)6-3-9-24-23(25-10-4-11-30-15-14-29-2)27-20-7-8-21-22(16-20)32-13-5-12-31-21/h7-8,16-17H,3-6,9-15H2,1-2H3,(H,26,28)(H2,24,25,27). The van der Waals surface area contributed by atoms with E-state index in [4.69, 9.17) is 23.9 Å². The molecule has 3 rings (SSSR count). The highest BCUT2D eigenvalue weighted by Crippen LogP contribution is 2.32. The van der Waals surface area contributed by atoms with E-state index in [1.54, 1.807) is 7.11 Å². The van der Waals surface area contributed by atoms with Gasteiger partial charge in [0.05, 0.1) is 32.6 Å². The third kappa shape index (κ3) is 8.05. The number of aromatic amines is 1. The minimum atomic E-state index is 0.611. The zero-order chi connectivity index (χ0) is 22.4. The van der Waals surface area contributed by atoms with Crippen molar-refractivity contribution in [1.82, 2.24) is 15.5 Å². The molecule has 0 unspecified atom stereocenters. The van der Waals surface area contributed by atoms with Crippen LogP contribution in [0.5, 0.6) is 11.5 Å². The van der Waals surface area contributed by atoms with Gasteiger partial charge in [0.2, 0.25) is 0 Å². The molecule has 0 fully saturated rings. The predicted octanol–water partition coefficient (Wildman–Crippen LogP) is 2.92. The van der Waals surface area contributed by atoms with E-state index in [2.05, 4.69) is 20.8 Å². The van der Waals surface area contributed by atoms with Gasteiger partial charge in [-0.3, -0.25) is 10.1 Å². The van der Waals surface area contributed by atoms with E-state index >= 15 is 0 Å². The molecule has 1 aliphatic rings. The Morgan fingerprint density at radius 3 is 2.84 bits per heavy atom. The van der Waals surface area contributed by atoms with Crippen LogP contribution in [-0.2, 0) is 15.9 Å². The average molecular weight is 446 g/mol. The molecule has 0 spiro atoms. The molecule has 0 amide bonds. The van der Waals surface area contributed by atoms with Crippen LogP contribution in [0.2, 0.25) is 0 Å². The maximum Gasteiger partial charge on any atom is 0.195 e. The fourth-order valence-corrected chi connectivity index (χ4v) is 3.23. The summed E-state index contributed by atoms with van der Waals surface area (Å²) in [6.45, 7) is 6.73. The smallest absolute Gasteiger partial charge is 0.195 e. The van der Waals surface area contributed by atoms with Gasteiger partial charge >= 0.3 is 0 Å². The number of guanidine groups is 1. The molecular weight excluding hydrogens is 410 g/mol. The van der Waals surface area contributed by atoms with E-state index in [-0.39, 0.29) is 0 Å². The number of hydrogen-bond donors (Lipinski definition) is 3. The maximum absolute atomic E-state index is 5.81.